The van der Waals surface area contributed by atoms with Gasteiger partial charge in [0.2, 0.25) is 0 Å². The lowest BCUT2D eigenvalue weighted by Gasteiger charge is -2.13. The first-order valence-electron chi connectivity index (χ1n) is 5.86. The van der Waals surface area contributed by atoms with Gasteiger partial charge in [0.05, 0.1) is 4.34 Å². The fraction of sp³-hybridized carbons (Fsp3) is 0.286. The zero-order chi connectivity index (χ0) is 13.0. The minimum atomic E-state index is -0.201. The zero-order valence-electron chi connectivity index (χ0n) is 9.90. The second-order valence-corrected chi connectivity index (χ2v) is 6.14. The number of rotatable bonds is 5. The molecule has 2 N–H and O–H groups in total. The van der Waals surface area contributed by atoms with Crippen LogP contribution in [0.4, 0.5) is 4.39 Å². The summed E-state index contributed by atoms with van der Waals surface area (Å²) >= 11 is 7.50. The van der Waals surface area contributed by atoms with Crippen LogP contribution >= 0.6 is 22.9 Å². The summed E-state index contributed by atoms with van der Waals surface area (Å²) in [7, 11) is 0. The Kier molecular flexibility index (Phi) is 4.75. The molecule has 0 saturated carbocycles. The highest BCUT2D eigenvalue weighted by Crippen LogP contribution is 2.24. The molecular weight excluding hydrogens is 269 g/mol. The Hall–Kier alpha value is -0.900. The summed E-state index contributed by atoms with van der Waals surface area (Å²) in [5.41, 5.74) is 6.92. The van der Waals surface area contributed by atoms with Gasteiger partial charge in [0.25, 0.3) is 0 Å². The van der Waals surface area contributed by atoms with E-state index in [0.29, 0.717) is 12.5 Å². The van der Waals surface area contributed by atoms with Crippen molar-refractivity contribution >= 4 is 22.9 Å². The molecule has 0 spiro atoms. The molecule has 1 unspecified atom stereocenters. The lowest BCUT2D eigenvalue weighted by Crippen LogP contribution is -2.18. The highest BCUT2D eigenvalue weighted by Gasteiger charge is 2.10. The van der Waals surface area contributed by atoms with E-state index in [1.165, 1.54) is 17.0 Å². The average molecular weight is 284 g/mol. The largest absolute Gasteiger partial charge is 0.330 e. The van der Waals surface area contributed by atoms with Gasteiger partial charge < -0.3 is 5.73 Å². The minimum Gasteiger partial charge on any atom is -0.330 e. The fourth-order valence-corrected chi connectivity index (χ4v) is 3.14. The van der Waals surface area contributed by atoms with Crippen LogP contribution in [0, 0.1) is 11.7 Å². The molecule has 2 rings (SSSR count). The van der Waals surface area contributed by atoms with Crippen LogP contribution in [-0.4, -0.2) is 6.54 Å². The van der Waals surface area contributed by atoms with Gasteiger partial charge in [-0.1, -0.05) is 23.7 Å². The van der Waals surface area contributed by atoms with E-state index in [-0.39, 0.29) is 5.82 Å². The second kappa shape index (κ2) is 6.32. The minimum absolute atomic E-state index is 0.201. The van der Waals surface area contributed by atoms with Gasteiger partial charge >= 0.3 is 0 Å². The van der Waals surface area contributed by atoms with Crippen LogP contribution in [-0.2, 0) is 12.8 Å². The molecule has 18 heavy (non-hydrogen) atoms. The zero-order valence-corrected chi connectivity index (χ0v) is 11.5. The Bertz CT molecular complexity index is 495. The third kappa shape index (κ3) is 3.80. The number of thiophene rings is 1. The van der Waals surface area contributed by atoms with E-state index >= 15 is 0 Å². The number of halogens is 2. The van der Waals surface area contributed by atoms with Crippen molar-refractivity contribution in [2.24, 2.45) is 11.7 Å². The van der Waals surface area contributed by atoms with E-state index in [9.17, 15) is 4.39 Å². The van der Waals surface area contributed by atoms with Crippen molar-refractivity contribution in [1.82, 2.24) is 0 Å². The smallest absolute Gasteiger partial charge is 0.123 e. The second-order valence-electron chi connectivity index (χ2n) is 4.34. The van der Waals surface area contributed by atoms with Crippen LogP contribution < -0.4 is 5.73 Å². The standard InChI is InChI=1S/C14H15ClFNS/c15-14-6-5-13(18-14)8-11(9-17)7-10-1-3-12(16)4-2-10/h1-6,11H,7-9,17H2. The molecule has 0 saturated heterocycles. The van der Waals surface area contributed by atoms with E-state index in [0.717, 1.165) is 22.7 Å². The molecule has 0 fully saturated rings. The Labute approximate surface area is 115 Å². The molecule has 0 amide bonds. The van der Waals surface area contributed by atoms with Gasteiger partial charge in [-0.25, -0.2) is 4.39 Å². The van der Waals surface area contributed by atoms with Crippen molar-refractivity contribution in [3.8, 4) is 0 Å². The van der Waals surface area contributed by atoms with Gasteiger partial charge in [-0.15, -0.1) is 11.3 Å². The molecule has 1 nitrogen and oxygen atoms in total. The van der Waals surface area contributed by atoms with Gasteiger partial charge in [0.15, 0.2) is 0 Å². The van der Waals surface area contributed by atoms with Crippen molar-refractivity contribution in [3.05, 3.63) is 57.0 Å². The van der Waals surface area contributed by atoms with Crippen molar-refractivity contribution < 1.29 is 4.39 Å². The summed E-state index contributed by atoms with van der Waals surface area (Å²) in [5, 5.41) is 0. The molecule has 0 aliphatic heterocycles. The number of benzene rings is 1. The molecule has 1 aromatic carbocycles. The summed E-state index contributed by atoms with van der Waals surface area (Å²) in [6.45, 7) is 0.618. The van der Waals surface area contributed by atoms with E-state index in [4.69, 9.17) is 17.3 Å². The topological polar surface area (TPSA) is 26.0 Å². The molecule has 4 heteroatoms. The van der Waals surface area contributed by atoms with E-state index in [1.807, 2.05) is 24.3 Å². The van der Waals surface area contributed by atoms with Crippen molar-refractivity contribution in [3.63, 3.8) is 0 Å². The molecule has 0 bridgehead atoms. The summed E-state index contributed by atoms with van der Waals surface area (Å²) < 4.78 is 13.6. The maximum absolute atomic E-state index is 12.8. The van der Waals surface area contributed by atoms with E-state index < -0.39 is 0 Å². The summed E-state index contributed by atoms with van der Waals surface area (Å²) in [5.74, 6) is 0.165. The molecular formula is C14H15ClFNS. The average Bonchev–Trinajstić information content (AvgIpc) is 2.77. The fourth-order valence-electron chi connectivity index (χ4n) is 1.94. The first kappa shape index (κ1) is 13.5. The van der Waals surface area contributed by atoms with Gasteiger partial charge in [0.1, 0.15) is 5.82 Å². The number of hydrogen-bond donors (Lipinski definition) is 1. The molecule has 0 aliphatic rings. The molecule has 0 radical (unpaired) electrons. The molecule has 96 valence electrons. The maximum Gasteiger partial charge on any atom is 0.123 e. The van der Waals surface area contributed by atoms with Crippen LogP contribution in [0.3, 0.4) is 0 Å². The summed E-state index contributed by atoms with van der Waals surface area (Å²) in [6, 6.07) is 10.6. The third-order valence-corrected chi connectivity index (χ3v) is 4.14. The van der Waals surface area contributed by atoms with Crippen LogP contribution in [0.2, 0.25) is 4.34 Å². The monoisotopic (exact) mass is 283 g/mol. The maximum atomic E-state index is 12.8. The van der Waals surface area contributed by atoms with Crippen LogP contribution in [0.5, 0.6) is 0 Å². The SMILES string of the molecule is NCC(Cc1ccc(F)cc1)Cc1ccc(Cl)s1. The molecule has 1 aromatic heterocycles. The third-order valence-electron chi connectivity index (χ3n) is 2.89. The van der Waals surface area contributed by atoms with Crippen molar-refractivity contribution in [2.75, 3.05) is 6.54 Å². The molecule has 0 aliphatic carbocycles. The normalized spacial score (nSPS) is 12.6. The molecule has 1 heterocycles. The Morgan fingerprint density at radius 3 is 2.39 bits per heavy atom. The Morgan fingerprint density at radius 2 is 1.83 bits per heavy atom. The van der Waals surface area contributed by atoms with Crippen LogP contribution in [0.1, 0.15) is 10.4 Å². The van der Waals surface area contributed by atoms with E-state index in [2.05, 4.69) is 0 Å². The molecule has 2 aromatic rings. The lowest BCUT2D eigenvalue weighted by atomic mass is 9.95. The van der Waals surface area contributed by atoms with Gasteiger partial charge in [0, 0.05) is 4.88 Å². The predicted molar refractivity (Wildman–Crippen MR) is 75.7 cm³/mol. The van der Waals surface area contributed by atoms with Gasteiger partial charge in [-0.05, 0) is 55.1 Å². The lowest BCUT2D eigenvalue weighted by molar-refractivity contribution is 0.536. The Balaban J connectivity index is 1.99. The van der Waals surface area contributed by atoms with Crippen molar-refractivity contribution in [2.45, 2.75) is 12.8 Å². The predicted octanol–water partition coefficient (Wildman–Crippen LogP) is 3.90. The first-order chi connectivity index (χ1) is 8.67. The molecule has 1 atom stereocenters. The van der Waals surface area contributed by atoms with Gasteiger partial charge in [-0.2, -0.15) is 0 Å². The Morgan fingerprint density at radius 1 is 1.11 bits per heavy atom. The highest BCUT2D eigenvalue weighted by molar-refractivity contribution is 7.16. The van der Waals surface area contributed by atoms with Crippen LogP contribution in [0.15, 0.2) is 36.4 Å². The number of nitrogens with two attached hydrogens (primary N) is 1. The van der Waals surface area contributed by atoms with Gasteiger partial charge in [-0.3, -0.25) is 0 Å². The van der Waals surface area contributed by atoms with E-state index in [1.54, 1.807) is 11.3 Å². The van der Waals surface area contributed by atoms with Crippen molar-refractivity contribution in [1.29, 1.82) is 0 Å². The summed E-state index contributed by atoms with van der Waals surface area (Å²) in [6.07, 6.45) is 1.79. The summed E-state index contributed by atoms with van der Waals surface area (Å²) in [4.78, 5) is 1.25. The van der Waals surface area contributed by atoms with Crippen LogP contribution in [0.25, 0.3) is 0 Å². The quantitative estimate of drug-likeness (QED) is 0.885. The first-order valence-corrected chi connectivity index (χ1v) is 7.05. The number of hydrogen-bond acceptors (Lipinski definition) is 2. The highest BCUT2D eigenvalue weighted by atomic mass is 35.5.